The first-order valence-electron chi connectivity index (χ1n) is 6.90. The van der Waals surface area contributed by atoms with Crippen molar-refractivity contribution in [2.24, 2.45) is 0 Å². The van der Waals surface area contributed by atoms with Crippen molar-refractivity contribution in [3.8, 4) is 0 Å². The molecule has 0 bridgehead atoms. The van der Waals surface area contributed by atoms with Gasteiger partial charge in [0.1, 0.15) is 5.78 Å². The van der Waals surface area contributed by atoms with E-state index in [1.165, 1.54) is 0 Å². The number of nitrogens with zero attached hydrogens (tertiary/aromatic N) is 2. The summed E-state index contributed by atoms with van der Waals surface area (Å²) >= 11 is 8.01. The molecule has 1 aromatic heterocycles. The zero-order valence-corrected chi connectivity index (χ0v) is 13.8. The number of carbonyl (C=O) groups excluding carboxylic acids is 1. The number of halogens is 1. The maximum atomic E-state index is 12.0. The largest absolute Gasteiger partial charge is 0.298 e. The van der Waals surface area contributed by atoms with Crippen molar-refractivity contribution >= 4 is 29.1 Å². The fraction of sp³-hybridized carbons (Fsp3) is 0.714. The van der Waals surface area contributed by atoms with Crippen LogP contribution in [0.25, 0.3) is 0 Å². The van der Waals surface area contributed by atoms with Gasteiger partial charge in [0.15, 0.2) is 0 Å². The summed E-state index contributed by atoms with van der Waals surface area (Å²) < 4.78 is 1.85. The van der Waals surface area contributed by atoms with Crippen molar-refractivity contribution in [1.29, 1.82) is 0 Å². The van der Waals surface area contributed by atoms with E-state index in [0.717, 1.165) is 30.8 Å². The Morgan fingerprint density at radius 2 is 2.11 bits per heavy atom. The molecule has 0 N–H and O–H groups in total. The molecule has 0 spiro atoms. The van der Waals surface area contributed by atoms with E-state index in [1.807, 2.05) is 18.5 Å². The molecule has 1 rings (SSSR count). The molecule has 0 saturated carbocycles. The highest BCUT2D eigenvalue weighted by atomic mass is 35.5. The van der Waals surface area contributed by atoms with Crippen molar-refractivity contribution < 1.29 is 4.79 Å². The average Bonchev–Trinajstić information content (AvgIpc) is 2.72. The number of Topliss-reactive ketones (excluding diaryl/α,β-unsaturated/α-hetero) is 1. The molecule has 0 radical (unpaired) electrons. The van der Waals surface area contributed by atoms with Crippen LogP contribution in [0.5, 0.6) is 0 Å². The van der Waals surface area contributed by atoms with Crippen molar-refractivity contribution in [2.45, 2.75) is 58.8 Å². The number of thioether (sulfide) groups is 1. The Morgan fingerprint density at radius 1 is 1.42 bits per heavy atom. The maximum Gasteiger partial charge on any atom is 0.148 e. The molecule has 0 fully saturated rings. The van der Waals surface area contributed by atoms with Gasteiger partial charge in [0.2, 0.25) is 0 Å². The molecular weight excluding hydrogens is 280 g/mol. The molecule has 5 heteroatoms. The van der Waals surface area contributed by atoms with Crippen LogP contribution in [0.4, 0.5) is 0 Å². The first-order valence-corrected chi connectivity index (χ1v) is 8.33. The number of carbonyl (C=O) groups is 1. The van der Waals surface area contributed by atoms with Crippen LogP contribution < -0.4 is 0 Å². The summed E-state index contributed by atoms with van der Waals surface area (Å²) in [4.78, 5) is 12.0. The van der Waals surface area contributed by atoms with Crippen molar-refractivity contribution in [1.82, 2.24) is 9.78 Å². The molecule has 3 nitrogen and oxygen atoms in total. The summed E-state index contributed by atoms with van der Waals surface area (Å²) in [5.74, 6) is 0.784. The van der Waals surface area contributed by atoms with Crippen LogP contribution in [-0.2, 0) is 24.2 Å². The summed E-state index contributed by atoms with van der Waals surface area (Å²) in [7, 11) is 0. The minimum atomic E-state index is 0.226. The molecule has 1 atom stereocenters. The Morgan fingerprint density at radius 3 is 2.63 bits per heavy atom. The molecule has 1 unspecified atom stereocenters. The summed E-state index contributed by atoms with van der Waals surface area (Å²) in [6.45, 7) is 9.08. The van der Waals surface area contributed by atoms with E-state index in [2.05, 4.69) is 18.9 Å². The minimum absolute atomic E-state index is 0.226. The second-order valence-corrected chi connectivity index (χ2v) is 6.43. The molecule has 19 heavy (non-hydrogen) atoms. The van der Waals surface area contributed by atoms with Gasteiger partial charge < -0.3 is 0 Å². The lowest BCUT2D eigenvalue weighted by Crippen LogP contribution is -2.13. The highest BCUT2D eigenvalue weighted by Gasteiger charge is 2.17. The monoisotopic (exact) mass is 302 g/mol. The first kappa shape index (κ1) is 16.6. The van der Waals surface area contributed by atoms with E-state index >= 15 is 0 Å². The van der Waals surface area contributed by atoms with Gasteiger partial charge in [-0.05, 0) is 19.8 Å². The predicted molar refractivity (Wildman–Crippen MR) is 83.2 cm³/mol. The number of aromatic nitrogens is 2. The zero-order chi connectivity index (χ0) is 14.4. The Kier molecular flexibility index (Phi) is 6.94. The van der Waals surface area contributed by atoms with Gasteiger partial charge in [0.05, 0.1) is 28.6 Å². The number of rotatable bonds is 8. The van der Waals surface area contributed by atoms with E-state index in [-0.39, 0.29) is 5.78 Å². The number of ketones is 1. The van der Waals surface area contributed by atoms with Crippen molar-refractivity contribution in [3.63, 3.8) is 0 Å². The van der Waals surface area contributed by atoms with Crippen LogP contribution in [0.1, 0.15) is 45.5 Å². The van der Waals surface area contributed by atoms with Crippen molar-refractivity contribution in [2.75, 3.05) is 5.75 Å². The first-order chi connectivity index (χ1) is 9.03. The van der Waals surface area contributed by atoms with Gasteiger partial charge in [-0.25, -0.2) is 0 Å². The third-order valence-corrected chi connectivity index (χ3v) is 4.99. The van der Waals surface area contributed by atoms with Crippen LogP contribution in [0.3, 0.4) is 0 Å². The molecule has 0 aromatic carbocycles. The highest BCUT2D eigenvalue weighted by molar-refractivity contribution is 8.00. The lowest BCUT2D eigenvalue weighted by molar-refractivity contribution is -0.116. The quantitative estimate of drug-likeness (QED) is 0.733. The lowest BCUT2D eigenvalue weighted by atomic mass is 10.2. The summed E-state index contributed by atoms with van der Waals surface area (Å²) in [6, 6.07) is 0. The van der Waals surface area contributed by atoms with Crippen LogP contribution in [0, 0.1) is 0 Å². The second-order valence-electron chi connectivity index (χ2n) is 4.62. The highest BCUT2D eigenvalue weighted by Crippen LogP contribution is 2.23. The number of aryl methyl sites for hydroxylation is 2. The van der Waals surface area contributed by atoms with Gasteiger partial charge in [-0.3, -0.25) is 9.48 Å². The van der Waals surface area contributed by atoms with E-state index in [0.29, 0.717) is 22.4 Å². The van der Waals surface area contributed by atoms with E-state index in [1.54, 1.807) is 11.8 Å². The molecule has 0 aliphatic heterocycles. The molecule has 0 aliphatic carbocycles. The van der Waals surface area contributed by atoms with Crippen LogP contribution in [-0.4, -0.2) is 26.6 Å². The fourth-order valence-corrected chi connectivity index (χ4v) is 2.92. The molecule has 1 heterocycles. The molecule has 0 aliphatic rings. The van der Waals surface area contributed by atoms with E-state index in [9.17, 15) is 4.79 Å². The second kappa shape index (κ2) is 7.95. The SMILES string of the molecule is CCc1nn(CC)c(CC(=O)CSC(C)CC)c1Cl. The van der Waals surface area contributed by atoms with Crippen molar-refractivity contribution in [3.05, 3.63) is 16.4 Å². The van der Waals surface area contributed by atoms with E-state index in [4.69, 9.17) is 11.6 Å². The van der Waals surface area contributed by atoms with Gasteiger partial charge in [0, 0.05) is 11.8 Å². The lowest BCUT2D eigenvalue weighted by Gasteiger charge is -2.08. The van der Waals surface area contributed by atoms with Gasteiger partial charge in [0.25, 0.3) is 0 Å². The van der Waals surface area contributed by atoms with Crippen LogP contribution >= 0.6 is 23.4 Å². The summed E-state index contributed by atoms with van der Waals surface area (Å²) in [5, 5.41) is 5.64. The predicted octanol–water partition coefficient (Wildman–Crippen LogP) is 3.76. The summed E-state index contributed by atoms with van der Waals surface area (Å²) in [5.41, 5.74) is 1.76. The normalized spacial score (nSPS) is 12.7. The summed E-state index contributed by atoms with van der Waals surface area (Å²) in [6.07, 6.45) is 2.28. The number of hydrogen-bond acceptors (Lipinski definition) is 3. The zero-order valence-electron chi connectivity index (χ0n) is 12.2. The Labute approximate surface area is 125 Å². The maximum absolute atomic E-state index is 12.0. The van der Waals surface area contributed by atoms with Gasteiger partial charge in [-0.1, -0.05) is 32.4 Å². The minimum Gasteiger partial charge on any atom is -0.298 e. The molecular formula is C14H23ClN2OS. The molecule has 1 aromatic rings. The van der Waals surface area contributed by atoms with Gasteiger partial charge in [-0.15, -0.1) is 0 Å². The molecule has 0 saturated heterocycles. The van der Waals surface area contributed by atoms with Gasteiger partial charge >= 0.3 is 0 Å². The fourth-order valence-electron chi connectivity index (χ4n) is 1.78. The topological polar surface area (TPSA) is 34.9 Å². The Balaban J connectivity index is 2.70. The molecule has 108 valence electrons. The Bertz CT molecular complexity index is 431. The van der Waals surface area contributed by atoms with Gasteiger partial charge in [-0.2, -0.15) is 16.9 Å². The Hall–Kier alpha value is -0.480. The third-order valence-electron chi connectivity index (χ3n) is 3.16. The smallest absolute Gasteiger partial charge is 0.148 e. The number of hydrogen-bond donors (Lipinski definition) is 0. The van der Waals surface area contributed by atoms with Crippen LogP contribution in [0.2, 0.25) is 5.02 Å². The third kappa shape index (κ3) is 4.53. The average molecular weight is 303 g/mol. The molecule has 0 amide bonds. The van der Waals surface area contributed by atoms with Crippen LogP contribution in [0.15, 0.2) is 0 Å². The standard InChI is InChI=1S/C14H23ClN2OS/c1-5-10(4)19-9-11(18)8-13-14(15)12(6-2)16-17(13)7-3/h10H,5-9H2,1-4H3. The van der Waals surface area contributed by atoms with E-state index < -0.39 is 0 Å².